The Morgan fingerprint density at radius 2 is 1.92 bits per heavy atom. The van der Waals surface area contributed by atoms with E-state index >= 15 is 0 Å². The third kappa shape index (κ3) is 3.65. The third-order valence-corrected chi connectivity index (χ3v) is 5.20. The maximum absolute atomic E-state index is 13.2. The first-order chi connectivity index (χ1) is 12.2. The summed E-state index contributed by atoms with van der Waals surface area (Å²) in [7, 11) is 0. The number of hydrogen-bond acceptors (Lipinski definition) is 3. The van der Waals surface area contributed by atoms with Gasteiger partial charge in [0.2, 0.25) is 0 Å². The summed E-state index contributed by atoms with van der Waals surface area (Å²) in [6.07, 6.45) is 5.50. The average Bonchev–Trinajstić information content (AvgIpc) is 3.33. The Labute approximate surface area is 145 Å². The molecule has 132 valence electrons. The lowest BCUT2D eigenvalue weighted by atomic mass is 9.96. The van der Waals surface area contributed by atoms with Gasteiger partial charge in [0.05, 0.1) is 6.04 Å². The SMILES string of the molecule is O=C(N[C@@H](c1ccc(F)cc1)C1CC1)N1CCC(c2ncn[nH]2)CC1. The Morgan fingerprint density at radius 1 is 1.20 bits per heavy atom. The normalized spacial score (nSPS) is 19.6. The zero-order valence-electron chi connectivity index (χ0n) is 14.0. The van der Waals surface area contributed by atoms with Gasteiger partial charge < -0.3 is 10.2 Å². The Bertz CT molecular complexity index is 706. The second-order valence-corrected chi connectivity index (χ2v) is 6.95. The van der Waals surface area contributed by atoms with Gasteiger partial charge in [-0.05, 0) is 49.3 Å². The molecule has 2 fully saturated rings. The molecular formula is C18H22FN5O. The number of nitrogens with zero attached hydrogens (tertiary/aromatic N) is 3. The highest BCUT2D eigenvalue weighted by molar-refractivity contribution is 5.75. The summed E-state index contributed by atoms with van der Waals surface area (Å²) in [5.41, 5.74) is 0.980. The fraction of sp³-hybridized carbons (Fsp3) is 0.500. The van der Waals surface area contributed by atoms with E-state index < -0.39 is 0 Å². The zero-order valence-corrected chi connectivity index (χ0v) is 14.0. The predicted octanol–water partition coefficient (Wildman–Crippen LogP) is 2.98. The van der Waals surface area contributed by atoms with Gasteiger partial charge in [-0.2, -0.15) is 5.10 Å². The minimum atomic E-state index is -0.251. The molecule has 0 spiro atoms. The lowest BCUT2D eigenvalue weighted by molar-refractivity contribution is 0.175. The van der Waals surface area contributed by atoms with Gasteiger partial charge in [0.15, 0.2) is 0 Å². The Morgan fingerprint density at radius 3 is 2.52 bits per heavy atom. The van der Waals surface area contributed by atoms with Gasteiger partial charge in [-0.25, -0.2) is 14.2 Å². The van der Waals surface area contributed by atoms with Gasteiger partial charge in [0.1, 0.15) is 18.0 Å². The predicted molar refractivity (Wildman–Crippen MR) is 90.3 cm³/mol. The topological polar surface area (TPSA) is 73.9 Å². The quantitative estimate of drug-likeness (QED) is 0.896. The molecule has 1 aliphatic carbocycles. The summed E-state index contributed by atoms with van der Waals surface area (Å²) in [5.74, 6) is 1.45. The van der Waals surface area contributed by atoms with Crippen LogP contribution in [0.15, 0.2) is 30.6 Å². The van der Waals surface area contributed by atoms with Crippen molar-refractivity contribution in [2.24, 2.45) is 5.92 Å². The highest BCUT2D eigenvalue weighted by atomic mass is 19.1. The Kier molecular flexibility index (Phi) is 4.38. The number of nitrogens with one attached hydrogen (secondary N) is 2. The number of piperidine rings is 1. The number of hydrogen-bond donors (Lipinski definition) is 2. The number of aromatic nitrogens is 3. The molecule has 1 saturated heterocycles. The summed E-state index contributed by atoms with van der Waals surface area (Å²) < 4.78 is 13.2. The first kappa shape index (κ1) is 16.1. The van der Waals surface area contributed by atoms with Gasteiger partial charge >= 0.3 is 6.03 Å². The minimum Gasteiger partial charge on any atom is -0.331 e. The number of carbonyl (C=O) groups excluding carboxylic acids is 1. The van der Waals surface area contributed by atoms with Crippen LogP contribution in [0, 0.1) is 11.7 Å². The van der Waals surface area contributed by atoms with E-state index in [9.17, 15) is 9.18 Å². The van der Waals surface area contributed by atoms with Crippen molar-refractivity contribution in [2.75, 3.05) is 13.1 Å². The molecule has 1 aromatic heterocycles. The van der Waals surface area contributed by atoms with Crippen LogP contribution in [-0.2, 0) is 0 Å². The summed E-state index contributed by atoms with van der Waals surface area (Å²) in [5, 5.41) is 9.99. The number of H-pyrrole nitrogens is 1. The van der Waals surface area contributed by atoms with Crippen molar-refractivity contribution in [2.45, 2.75) is 37.6 Å². The molecule has 1 aliphatic heterocycles. The van der Waals surface area contributed by atoms with Crippen LogP contribution in [0.2, 0.25) is 0 Å². The van der Waals surface area contributed by atoms with E-state index in [1.807, 2.05) is 4.90 Å². The van der Waals surface area contributed by atoms with Crippen LogP contribution in [0.4, 0.5) is 9.18 Å². The smallest absolute Gasteiger partial charge is 0.317 e. The second-order valence-electron chi connectivity index (χ2n) is 6.95. The van der Waals surface area contributed by atoms with Gasteiger partial charge in [0, 0.05) is 19.0 Å². The molecule has 1 aromatic carbocycles. The Hall–Kier alpha value is -2.44. The zero-order chi connectivity index (χ0) is 17.2. The molecule has 2 amide bonds. The molecule has 0 unspecified atom stereocenters. The number of likely N-dealkylation sites (tertiary alicyclic amines) is 1. The number of amides is 2. The van der Waals surface area contributed by atoms with Crippen molar-refractivity contribution in [3.05, 3.63) is 47.8 Å². The van der Waals surface area contributed by atoms with Crippen LogP contribution in [0.5, 0.6) is 0 Å². The first-order valence-electron chi connectivity index (χ1n) is 8.87. The molecule has 0 bridgehead atoms. The fourth-order valence-electron chi connectivity index (χ4n) is 3.56. The van der Waals surface area contributed by atoms with Crippen molar-refractivity contribution in [1.82, 2.24) is 25.4 Å². The van der Waals surface area contributed by atoms with Crippen LogP contribution >= 0.6 is 0 Å². The van der Waals surface area contributed by atoms with Gasteiger partial charge in [-0.3, -0.25) is 5.10 Å². The lowest BCUT2D eigenvalue weighted by Gasteiger charge is -2.32. The van der Waals surface area contributed by atoms with Gasteiger partial charge in [-0.1, -0.05) is 12.1 Å². The molecular weight excluding hydrogens is 321 g/mol. The second kappa shape index (κ2) is 6.82. The highest BCUT2D eigenvalue weighted by Crippen LogP contribution is 2.41. The lowest BCUT2D eigenvalue weighted by Crippen LogP contribution is -2.45. The van der Waals surface area contributed by atoms with E-state index in [0.717, 1.165) is 37.1 Å². The fourth-order valence-corrected chi connectivity index (χ4v) is 3.56. The molecule has 6 nitrogen and oxygen atoms in total. The standard InChI is InChI=1S/C18H22FN5O/c19-15-5-3-13(4-6-15)16(12-1-2-12)22-18(25)24-9-7-14(8-10-24)17-20-11-21-23-17/h3-6,11-12,14,16H,1-2,7-10H2,(H,22,25)(H,20,21,23)/t16-/m1/s1. The third-order valence-electron chi connectivity index (χ3n) is 5.20. The van der Waals surface area contributed by atoms with Crippen LogP contribution in [0.3, 0.4) is 0 Å². The molecule has 0 radical (unpaired) electrons. The summed E-state index contributed by atoms with van der Waals surface area (Å²) in [6, 6.07) is 6.40. The summed E-state index contributed by atoms with van der Waals surface area (Å²) in [6.45, 7) is 1.41. The van der Waals surface area contributed by atoms with Crippen LogP contribution in [0.25, 0.3) is 0 Å². The van der Waals surface area contributed by atoms with Crippen molar-refractivity contribution in [3.63, 3.8) is 0 Å². The molecule has 7 heteroatoms. The van der Waals surface area contributed by atoms with Crippen molar-refractivity contribution >= 4 is 6.03 Å². The minimum absolute atomic E-state index is 0.0277. The highest BCUT2D eigenvalue weighted by Gasteiger charge is 2.35. The molecule has 1 atom stereocenters. The summed E-state index contributed by atoms with van der Waals surface area (Å²) in [4.78, 5) is 18.8. The number of rotatable bonds is 4. The molecule has 25 heavy (non-hydrogen) atoms. The van der Waals surface area contributed by atoms with Crippen molar-refractivity contribution in [3.8, 4) is 0 Å². The van der Waals surface area contributed by atoms with Crippen LogP contribution in [-0.4, -0.2) is 39.2 Å². The molecule has 4 rings (SSSR count). The van der Waals surface area contributed by atoms with E-state index in [0.29, 0.717) is 24.9 Å². The van der Waals surface area contributed by atoms with E-state index in [1.54, 1.807) is 12.1 Å². The van der Waals surface area contributed by atoms with E-state index in [4.69, 9.17) is 0 Å². The van der Waals surface area contributed by atoms with Crippen LogP contribution in [0.1, 0.15) is 49.0 Å². The number of benzene rings is 1. The number of carbonyl (C=O) groups is 1. The number of halogens is 1. The summed E-state index contributed by atoms with van der Waals surface area (Å²) >= 11 is 0. The largest absolute Gasteiger partial charge is 0.331 e. The first-order valence-corrected chi connectivity index (χ1v) is 8.87. The van der Waals surface area contributed by atoms with E-state index in [-0.39, 0.29) is 17.9 Å². The maximum atomic E-state index is 13.2. The average molecular weight is 343 g/mol. The number of aromatic amines is 1. The number of urea groups is 1. The monoisotopic (exact) mass is 343 g/mol. The van der Waals surface area contributed by atoms with Crippen LogP contribution < -0.4 is 5.32 Å². The van der Waals surface area contributed by atoms with Gasteiger partial charge in [0.25, 0.3) is 0 Å². The molecule has 2 aromatic rings. The van der Waals surface area contributed by atoms with Crippen molar-refractivity contribution in [1.29, 1.82) is 0 Å². The molecule has 1 saturated carbocycles. The Balaban J connectivity index is 1.37. The maximum Gasteiger partial charge on any atom is 0.317 e. The van der Waals surface area contributed by atoms with Gasteiger partial charge in [-0.15, -0.1) is 0 Å². The van der Waals surface area contributed by atoms with E-state index in [1.165, 1.54) is 18.5 Å². The molecule has 2 aliphatic rings. The van der Waals surface area contributed by atoms with E-state index in [2.05, 4.69) is 20.5 Å². The van der Waals surface area contributed by atoms with Crippen molar-refractivity contribution < 1.29 is 9.18 Å². The molecule has 2 N–H and O–H groups in total. The molecule has 2 heterocycles.